The number of benzene rings is 4. The Bertz CT molecular complexity index is 2070. The topological polar surface area (TPSA) is 91.7 Å². The molecule has 47 heavy (non-hydrogen) atoms. The molecule has 3 amide bonds. The maximum Gasteiger partial charge on any atom is 0.308 e. The molecule has 0 aliphatic carbocycles. The summed E-state index contributed by atoms with van der Waals surface area (Å²) in [4.78, 5) is 59.1. The second kappa shape index (κ2) is 12.8. The van der Waals surface area contributed by atoms with Crippen LogP contribution in [0.2, 0.25) is 0 Å². The van der Waals surface area contributed by atoms with E-state index in [9.17, 15) is 19.2 Å². The number of thiazole rings is 1. The van der Waals surface area contributed by atoms with E-state index in [4.69, 9.17) is 0 Å². The lowest BCUT2D eigenvalue weighted by Gasteiger charge is -2.31. The van der Waals surface area contributed by atoms with Crippen molar-refractivity contribution in [1.82, 2.24) is 4.57 Å². The van der Waals surface area contributed by atoms with E-state index in [1.807, 2.05) is 66.7 Å². The van der Waals surface area contributed by atoms with Crippen molar-refractivity contribution in [1.29, 1.82) is 0 Å². The highest BCUT2D eigenvalue weighted by atomic mass is 79.9. The van der Waals surface area contributed by atoms with Gasteiger partial charge in [0.05, 0.1) is 16.6 Å². The van der Waals surface area contributed by atoms with Crippen molar-refractivity contribution in [3.05, 3.63) is 116 Å². The fourth-order valence-electron chi connectivity index (χ4n) is 6.55. The molecular weight excluding hydrogens is 696 g/mol. The summed E-state index contributed by atoms with van der Waals surface area (Å²) in [5.74, 6) is -2.20. The summed E-state index contributed by atoms with van der Waals surface area (Å²) in [6, 6.07) is 28.7. The van der Waals surface area contributed by atoms with Gasteiger partial charge in [-0.05, 0) is 78.7 Å². The van der Waals surface area contributed by atoms with E-state index in [1.54, 1.807) is 24.3 Å². The van der Waals surface area contributed by atoms with E-state index < -0.39 is 17.1 Å². The number of aromatic nitrogens is 1. The van der Waals surface area contributed by atoms with E-state index in [1.165, 1.54) is 21.2 Å². The molecule has 2 aliphatic rings. The van der Waals surface area contributed by atoms with Gasteiger partial charge in [0.25, 0.3) is 0 Å². The Balaban J connectivity index is 1.26. The number of hydrogen-bond acceptors (Lipinski definition) is 7. The van der Waals surface area contributed by atoms with Crippen LogP contribution in [-0.4, -0.2) is 40.6 Å². The summed E-state index contributed by atoms with van der Waals surface area (Å²) in [6.07, 6.45) is 0. The van der Waals surface area contributed by atoms with Crippen LogP contribution in [0.4, 0.5) is 17.1 Å². The lowest BCUT2D eigenvalue weighted by molar-refractivity contribution is -0.122. The summed E-state index contributed by atoms with van der Waals surface area (Å²) in [5.41, 5.74) is 3.04. The van der Waals surface area contributed by atoms with Gasteiger partial charge in [-0.2, -0.15) is 0 Å². The molecule has 7 rings (SSSR count). The van der Waals surface area contributed by atoms with Crippen molar-refractivity contribution in [3.63, 3.8) is 0 Å². The van der Waals surface area contributed by atoms with Gasteiger partial charge in [-0.1, -0.05) is 81.5 Å². The predicted octanol–water partition coefficient (Wildman–Crippen LogP) is 7.11. The molecule has 0 radical (unpaired) electrons. The average Bonchev–Trinajstić information content (AvgIpc) is 3.52. The second-order valence-electron chi connectivity index (χ2n) is 11.5. The predicted molar refractivity (Wildman–Crippen MR) is 193 cm³/mol. The van der Waals surface area contributed by atoms with E-state index in [0.717, 1.165) is 50.9 Å². The number of nitrogens with one attached hydrogen (secondary N) is 1. The van der Waals surface area contributed by atoms with Crippen molar-refractivity contribution in [2.75, 3.05) is 28.2 Å². The molecule has 3 atom stereocenters. The van der Waals surface area contributed by atoms with Crippen molar-refractivity contribution in [2.45, 2.75) is 36.6 Å². The van der Waals surface area contributed by atoms with Crippen LogP contribution in [0.3, 0.4) is 0 Å². The summed E-state index contributed by atoms with van der Waals surface area (Å²) in [5, 5.41) is 4.79. The summed E-state index contributed by atoms with van der Waals surface area (Å²) >= 11 is 5.70. The zero-order valence-electron chi connectivity index (χ0n) is 25.7. The second-order valence-corrected chi connectivity index (χ2v) is 14.6. The molecule has 3 heterocycles. The Kier molecular flexibility index (Phi) is 8.54. The molecule has 0 bridgehead atoms. The number of nitrogens with zero attached hydrogens (tertiary/aromatic N) is 3. The molecule has 1 aromatic heterocycles. The Hall–Kier alpha value is -4.19. The Morgan fingerprint density at radius 1 is 0.872 bits per heavy atom. The van der Waals surface area contributed by atoms with Gasteiger partial charge in [0, 0.05) is 39.7 Å². The first kappa shape index (κ1) is 31.4. The van der Waals surface area contributed by atoms with Gasteiger partial charge in [0.2, 0.25) is 17.7 Å². The lowest BCUT2D eigenvalue weighted by atomic mass is 9.83. The molecule has 8 nitrogen and oxygen atoms in total. The highest BCUT2D eigenvalue weighted by Crippen LogP contribution is 2.54. The standard InChI is InChI=1S/C36H31BrN4O4S2/c1-3-39(4-2)26-15-10-22(11-16-26)29-30-31(34(44)41(33(30)43)27-17-12-24(37)13-18-27)46-35-32(29)47-36(45)40(35)20-28(42)38-25-14-9-21-7-5-6-8-23(21)19-25/h5-19,29-31H,3-4,20H2,1-2H3,(H,38,42)/t29-,30-,31+/m0/s1. The molecule has 1 N–H and O–H groups in total. The van der Waals surface area contributed by atoms with Crippen LogP contribution >= 0.6 is 39.0 Å². The Morgan fingerprint density at radius 3 is 2.28 bits per heavy atom. The maximum atomic E-state index is 14.2. The summed E-state index contributed by atoms with van der Waals surface area (Å²) in [7, 11) is 0. The smallest absolute Gasteiger partial charge is 0.308 e. The van der Waals surface area contributed by atoms with Crippen LogP contribution in [0, 0.1) is 5.92 Å². The number of hydrogen-bond donors (Lipinski definition) is 1. The fraction of sp³-hybridized carbons (Fsp3) is 0.222. The molecule has 0 saturated carbocycles. The molecule has 2 aliphatic heterocycles. The first-order valence-corrected chi connectivity index (χ1v) is 17.9. The van der Waals surface area contributed by atoms with Gasteiger partial charge >= 0.3 is 4.87 Å². The maximum absolute atomic E-state index is 14.2. The molecule has 1 fully saturated rings. The van der Waals surface area contributed by atoms with Crippen LogP contribution in [0.5, 0.6) is 0 Å². The van der Waals surface area contributed by atoms with E-state index >= 15 is 0 Å². The van der Waals surface area contributed by atoms with Crippen LogP contribution in [0.15, 0.2) is 105 Å². The molecule has 238 valence electrons. The number of anilines is 3. The van der Waals surface area contributed by atoms with Crippen LogP contribution in [-0.2, 0) is 20.9 Å². The first-order valence-electron chi connectivity index (χ1n) is 15.4. The number of thioether (sulfide) groups is 1. The van der Waals surface area contributed by atoms with E-state index in [0.29, 0.717) is 21.3 Å². The zero-order chi connectivity index (χ0) is 32.8. The third-order valence-corrected chi connectivity index (χ3v) is 12.0. The number of imide groups is 1. The lowest BCUT2D eigenvalue weighted by Crippen LogP contribution is -2.33. The average molecular weight is 728 g/mol. The third-order valence-electron chi connectivity index (χ3n) is 8.85. The SMILES string of the molecule is CCN(CC)c1ccc([C@@H]2c3sc(=O)n(CC(=O)Nc4ccc5ccccc5c4)c3S[C@H]3C(=O)N(c4ccc(Br)cc4)C(=O)[C@@H]23)cc1. The van der Waals surface area contributed by atoms with Gasteiger partial charge in [-0.3, -0.25) is 23.7 Å². The minimum absolute atomic E-state index is 0.214. The monoisotopic (exact) mass is 726 g/mol. The van der Waals surface area contributed by atoms with Crippen molar-refractivity contribution in [2.24, 2.45) is 5.92 Å². The summed E-state index contributed by atoms with van der Waals surface area (Å²) < 4.78 is 2.29. The van der Waals surface area contributed by atoms with Gasteiger partial charge in [0.15, 0.2) is 0 Å². The van der Waals surface area contributed by atoms with Gasteiger partial charge in [0.1, 0.15) is 11.8 Å². The Labute approximate surface area is 288 Å². The zero-order valence-corrected chi connectivity index (χ0v) is 28.9. The van der Waals surface area contributed by atoms with E-state index in [2.05, 4.69) is 40.0 Å². The number of halogens is 1. The number of carbonyl (C=O) groups excluding carboxylic acids is 3. The minimum atomic E-state index is -0.755. The molecule has 11 heteroatoms. The van der Waals surface area contributed by atoms with Gasteiger partial charge in [-0.25, -0.2) is 4.90 Å². The quantitative estimate of drug-likeness (QED) is 0.172. The number of rotatable bonds is 8. The van der Waals surface area contributed by atoms with E-state index in [-0.39, 0.29) is 29.1 Å². The third kappa shape index (κ3) is 5.70. The van der Waals surface area contributed by atoms with Gasteiger partial charge < -0.3 is 10.2 Å². The van der Waals surface area contributed by atoms with Crippen LogP contribution < -0.4 is 20.0 Å². The van der Waals surface area contributed by atoms with Crippen molar-refractivity contribution < 1.29 is 14.4 Å². The largest absolute Gasteiger partial charge is 0.372 e. The molecule has 0 unspecified atom stereocenters. The Morgan fingerprint density at radius 2 is 1.57 bits per heavy atom. The molecule has 5 aromatic rings. The molecule has 4 aromatic carbocycles. The number of fused-ring (bicyclic) bond motifs is 3. The number of amides is 3. The van der Waals surface area contributed by atoms with Gasteiger partial charge in [-0.15, -0.1) is 0 Å². The first-order chi connectivity index (χ1) is 22.8. The van der Waals surface area contributed by atoms with Crippen LogP contribution in [0.1, 0.15) is 30.2 Å². The molecular formula is C36H31BrN4O4S2. The highest BCUT2D eigenvalue weighted by molar-refractivity contribution is 9.10. The summed E-state index contributed by atoms with van der Waals surface area (Å²) in [6.45, 7) is 5.69. The van der Waals surface area contributed by atoms with Crippen LogP contribution in [0.25, 0.3) is 10.8 Å². The molecule has 0 spiro atoms. The minimum Gasteiger partial charge on any atom is -0.372 e. The van der Waals surface area contributed by atoms with Crippen molar-refractivity contribution in [3.8, 4) is 0 Å². The van der Waals surface area contributed by atoms with Crippen molar-refractivity contribution >= 4 is 84.6 Å². The fourth-order valence-corrected chi connectivity index (χ4v) is 9.59. The normalized spacial score (nSPS) is 18.7. The highest BCUT2D eigenvalue weighted by Gasteiger charge is 2.56. The number of carbonyl (C=O) groups is 3. The molecule has 1 saturated heterocycles.